The van der Waals surface area contributed by atoms with Gasteiger partial charge in [-0.25, -0.2) is 13.4 Å². The number of aromatic nitrogens is 1. The van der Waals surface area contributed by atoms with Crippen LogP contribution in [0.4, 0.5) is 5.82 Å². The van der Waals surface area contributed by atoms with Crippen molar-refractivity contribution in [3.8, 4) is 0 Å². The van der Waals surface area contributed by atoms with E-state index in [2.05, 4.69) is 10.3 Å². The molecule has 0 unspecified atom stereocenters. The standard InChI is InChI=1S/C16H16N2O4S/c1-11(16(20)18-14-9-5-6-10-17-14)15(19)12-7-3-4-8-13(12)23(2,21)22/h3-10,19H,1-2H3,(H,17,18,20)/b15-11-. The molecule has 0 bridgehead atoms. The van der Waals surface area contributed by atoms with Crippen molar-refractivity contribution in [3.05, 3.63) is 59.8 Å². The Morgan fingerprint density at radius 1 is 1.13 bits per heavy atom. The second-order valence-corrected chi connectivity index (χ2v) is 6.90. The number of aliphatic hydroxyl groups excluding tert-OH is 1. The molecule has 0 radical (unpaired) electrons. The highest BCUT2D eigenvalue weighted by Crippen LogP contribution is 2.24. The number of nitrogens with one attached hydrogen (secondary N) is 1. The van der Waals surface area contributed by atoms with E-state index in [-0.39, 0.29) is 21.8 Å². The molecule has 1 amide bonds. The van der Waals surface area contributed by atoms with Crippen LogP contribution in [0.5, 0.6) is 0 Å². The molecule has 23 heavy (non-hydrogen) atoms. The van der Waals surface area contributed by atoms with Crippen LogP contribution in [0.3, 0.4) is 0 Å². The first-order valence-electron chi connectivity index (χ1n) is 6.72. The van der Waals surface area contributed by atoms with Gasteiger partial charge in [-0.05, 0) is 31.2 Å². The monoisotopic (exact) mass is 332 g/mol. The van der Waals surface area contributed by atoms with Crippen molar-refractivity contribution in [1.82, 2.24) is 4.98 Å². The number of pyridine rings is 1. The van der Waals surface area contributed by atoms with Gasteiger partial charge in [0, 0.05) is 18.0 Å². The predicted octanol–water partition coefficient (Wildman–Crippen LogP) is 2.41. The summed E-state index contributed by atoms with van der Waals surface area (Å²) in [5.74, 6) is -0.620. The number of benzene rings is 1. The van der Waals surface area contributed by atoms with E-state index < -0.39 is 15.7 Å². The summed E-state index contributed by atoms with van der Waals surface area (Å²) in [5, 5.41) is 12.8. The number of amides is 1. The largest absolute Gasteiger partial charge is 0.507 e. The summed E-state index contributed by atoms with van der Waals surface area (Å²) in [4.78, 5) is 16.1. The summed E-state index contributed by atoms with van der Waals surface area (Å²) >= 11 is 0. The molecule has 1 aromatic heterocycles. The normalized spacial score (nSPS) is 12.4. The molecule has 0 aliphatic carbocycles. The van der Waals surface area contributed by atoms with Crippen LogP contribution >= 0.6 is 0 Å². The first kappa shape index (κ1) is 16.7. The fraction of sp³-hybridized carbons (Fsp3) is 0.125. The molecule has 6 nitrogen and oxygen atoms in total. The number of carbonyl (C=O) groups is 1. The smallest absolute Gasteiger partial charge is 0.256 e. The van der Waals surface area contributed by atoms with Gasteiger partial charge in [0.05, 0.1) is 10.5 Å². The Balaban J connectivity index is 2.40. The molecule has 120 valence electrons. The molecule has 2 aromatic rings. The van der Waals surface area contributed by atoms with Gasteiger partial charge in [-0.15, -0.1) is 0 Å². The van der Waals surface area contributed by atoms with E-state index >= 15 is 0 Å². The van der Waals surface area contributed by atoms with Gasteiger partial charge < -0.3 is 10.4 Å². The van der Waals surface area contributed by atoms with E-state index in [0.29, 0.717) is 5.82 Å². The Hall–Kier alpha value is -2.67. The zero-order chi connectivity index (χ0) is 17.0. The summed E-state index contributed by atoms with van der Waals surface area (Å²) in [6.07, 6.45) is 2.57. The lowest BCUT2D eigenvalue weighted by Crippen LogP contribution is -2.15. The van der Waals surface area contributed by atoms with Crippen molar-refractivity contribution >= 4 is 27.3 Å². The summed E-state index contributed by atoms with van der Waals surface area (Å²) in [6, 6.07) is 11.0. The van der Waals surface area contributed by atoms with E-state index in [9.17, 15) is 18.3 Å². The van der Waals surface area contributed by atoms with Gasteiger partial charge >= 0.3 is 0 Å². The highest BCUT2D eigenvalue weighted by Gasteiger charge is 2.19. The third-order valence-electron chi connectivity index (χ3n) is 3.14. The van der Waals surface area contributed by atoms with E-state index in [0.717, 1.165) is 6.26 Å². The lowest BCUT2D eigenvalue weighted by molar-refractivity contribution is -0.112. The number of sulfone groups is 1. The second-order valence-electron chi connectivity index (χ2n) is 4.91. The minimum Gasteiger partial charge on any atom is -0.507 e. The van der Waals surface area contributed by atoms with Crippen LogP contribution in [0.2, 0.25) is 0 Å². The fourth-order valence-electron chi connectivity index (χ4n) is 1.94. The minimum atomic E-state index is -3.53. The third kappa shape index (κ3) is 3.95. The van der Waals surface area contributed by atoms with Gasteiger partial charge in [0.1, 0.15) is 11.6 Å². The van der Waals surface area contributed by atoms with Gasteiger partial charge in [0.25, 0.3) is 5.91 Å². The van der Waals surface area contributed by atoms with Crippen LogP contribution in [-0.2, 0) is 14.6 Å². The number of rotatable bonds is 4. The summed E-state index contributed by atoms with van der Waals surface area (Å²) in [5.41, 5.74) is 0.0791. The predicted molar refractivity (Wildman–Crippen MR) is 87.6 cm³/mol. The second kappa shape index (κ2) is 6.62. The zero-order valence-corrected chi connectivity index (χ0v) is 13.5. The van der Waals surface area contributed by atoms with Crippen molar-refractivity contribution < 1.29 is 18.3 Å². The maximum absolute atomic E-state index is 12.2. The van der Waals surface area contributed by atoms with Crippen LogP contribution in [0.1, 0.15) is 12.5 Å². The van der Waals surface area contributed by atoms with Gasteiger partial charge in [0.2, 0.25) is 0 Å². The highest BCUT2D eigenvalue weighted by molar-refractivity contribution is 7.90. The maximum atomic E-state index is 12.2. The number of aliphatic hydroxyl groups is 1. The molecule has 1 heterocycles. The Labute approximate surface area is 134 Å². The molecule has 0 aliphatic heterocycles. The molecule has 0 aliphatic rings. The van der Waals surface area contributed by atoms with E-state index in [4.69, 9.17) is 0 Å². The quantitative estimate of drug-likeness (QED) is 0.662. The van der Waals surface area contributed by atoms with Crippen molar-refractivity contribution in [2.75, 3.05) is 11.6 Å². The van der Waals surface area contributed by atoms with Crippen molar-refractivity contribution in [3.63, 3.8) is 0 Å². The number of nitrogens with zero attached hydrogens (tertiary/aromatic N) is 1. The number of anilines is 1. The fourth-order valence-corrected chi connectivity index (χ4v) is 2.83. The van der Waals surface area contributed by atoms with Crippen molar-refractivity contribution in [2.24, 2.45) is 0 Å². The number of hydrogen-bond acceptors (Lipinski definition) is 5. The Bertz CT molecular complexity index is 859. The summed E-state index contributed by atoms with van der Waals surface area (Å²) in [6.45, 7) is 1.41. The van der Waals surface area contributed by atoms with Crippen LogP contribution in [-0.4, -0.2) is 30.7 Å². The number of hydrogen-bond donors (Lipinski definition) is 2. The Morgan fingerprint density at radius 3 is 2.39 bits per heavy atom. The van der Waals surface area contributed by atoms with E-state index in [1.54, 1.807) is 30.3 Å². The molecule has 0 saturated heterocycles. The van der Waals surface area contributed by atoms with Crippen LogP contribution in [0.15, 0.2) is 59.1 Å². The van der Waals surface area contributed by atoms with Gasteiger partial charge in [-0.2, -0.15) is 0 Å². The Kier molecular flexibility index (Phi) is 4.80. The SMILES string of the molecule is C/C(C(=O)Nc1ccccn1)=C(/O)c1ccccc1S(C)(=O)=O. The molecular weight excluding hydrogens is 316 g/mol. The lowest BCUT2D eigenvalue weighted by Gasteiger charge is -2.10. The van der Waals surface area contributed by atoms with Gasteiger partial charge in [0.15, 0.2) is 9.84 Å². The topological polar surface area (TPSA) is 96.4 Å². The molecule has 0 fully saturated rings. The van der Waals surface area contributed by atoms with Crippen LogP contribution < -0.4 is 5.32 Å². The molecule has 0 spiro atoms. The average molecular weight is 332 g/mol. The van der Waals surface area contributed by atoms with Gasteiger partial charge in [-0.3, -0.25) is 4.79 Å². The Morgan fingerprint density at radius 2 is 1.78 bits per heavy atom. The van der Waals surface area contributed by atoms with Crippen molar-refractivity contribution in [1.29, 1.82) is 0 Å². The molecule has 0 saturated carbocycles. The molecule has 7 heteroatoms. The van der Waals surface area contributed by atoms with Gasteiger partial charge in [-0.1, -0.05) is 18.2 Å². The van der Waals surface area contributed by atoms with Crippen LogP contribution in [0.25, 0.3) is 5.76 Å². The summed E-state index contributed by atoms with van der Waals surface area (Å²) < 4.78 is 23.6. The average Bonchev–Trinajstić information content (AvgIpc) is 2.53. The molecule has 0 atom stereocenters. The summed E-state index contributed by atoms with van der Waals surface area (Å²) in [7, 11) is -3.53. The van der Waals surface area contributed by atoms with E-state index in [1.165, 1.54) is 25.3 Å². The minimum absolute atomic E-state index is 0.00764. The molecule has 1 aromatic carbocycles. The number of carbonyl (C=O) groups excluding carboxylic acids is 1. The first-order valence-corrected chi connectivity index (χ1v) is 8.61. The van der Waals surface area contributed by atoms with Crippen LogP contribution in [0, 0.1) is 0 Å². The maximum Gasteiger partial charge on any atom is 0.256 e. The molecule has 2 N–H and O–H groups in total. The van der Waals surface area contributed by atoms with Crippen molar-refractivity contribution in [2.45, 2.75) is 11.8 Å². The van der Waals surface area contributed by atoms with E-state index in [1.807, 2.05) is 0 Å². The highest BCUT2D eigenvalue weighted by atomic mass is 32.2. The third-order valence-corrected chi connectivity index (χ3v) is 4.30. The zero-order valence-electron chi connectivity index (χ0n) is 12.6. The molecular formula is C16H16N2O4S. The molecule has 2 rings (SSSR count). The first-order chi connectivity index (χ1) is 10.8. The lowest BCUT2D eigenvalue weighted by atomic mass is 10.1.